The second kappa shape index (κ2) is 16.1. The van der Waals surface area contributed by atoms with Crippen molar-refractivity contribution in [2.75, 3.05) is 19.6 Å². The van der Waals surface area contributed by atoms with Crippen LogP contribution in [-0.4, -0.2) is 78.3 Å². The fourth-order valence-corrected chi connectivity index (χ4v) is 4.43. The van der Waals surface area contributed by atoms with E-state index < -0.39 is 36.0 Å². The van der Waals surface area contributed by atoms with Crippen LogP contribution in [0.3, 0.4) is 0 Å². The molecule has 0 radical (unpaired) electrons. The summed E-state index contributed by atoms with van der Waals surface area (Å²) in [6.07, 6.45) is 2.84. The summed E-state index contributed by atoms with van der Waals surface area (Å²) in [6, 6.07) is -3.06. The number of hydrogen-bond acceptors (Lipinski definition) is 6. The van der Waals surface area contributed by atoms with Crippen molar-refractivity contribution in [2.45, 2.75) is 97.3 Å². The smallest absolute Gasteiger partial charge is 0.245 e. The molecule has 9 N–H and O–H groups in total. The first kappa shape index (κ1) is 32.1. The zero-order valence-corrected chi connectivity index (χ0v) is 23.1. The first-order valence-corrected chi connectivity index (χ1v) is 13.4. The molecule has 0 spiro atoms. The predicted octanol–water partition coefficient (Wildman–Crippen LogP) is -0.444. The van der Waals surface area contributed by atoms with Crippen molar-refractivity contribution in [3.8, 4) is 0 Å². The summed E-state index contributed by atoms with van der Waals surface area (Å²) < 4.78 is 0. The molecule has 0 bridgehead atoms. The van der Waals surface area contributed by atoms with Gasteiger partial charge < -0.3 is 38.1 Å². The van der Waals surface area contributed by atoms with Crippen LogP contribution in [-0.2, 0) is 19.2 Å². The summed E-state index contributed by atoms with van der Waals surface area (Å²) in [5.41, 5.74) is 16.8. The fourth-order valence-electron chi connectivity index (χ4n) is 4.43. The average molecular weight is 525 g/mol. The predicted molar refractivity (Wildman–Crippen MR) is 144 cm³/mol. The van der Waals surface area contributed by atoms with Gasteiger partial charge in [-0.05, 0) is 57.3 Å². The zero-order chi connectivity index (χ0) is 28.1. The SMILES string of the molecule is CCNC(=O)[C@@H]1CCCN1C(=O)[C@H](CCCN=C(N)N)NC(=O)[C@H](CC(C)C)NC(=O)[C@H](N)CC(C)C. The molecule has 12 heteroatoms. The van der Waals surface area contributed by atoms with E-state index in [9.17, 15) is 19.2 Å². The van der Waals surface area contributed by atoms with Gasteiger partial charge in [-0.1, -0.05) is 27.7 Å². The van der Waals surface area contributed by atoms with Crippen molar-refractivity contribution >= 4 is 29.6 Å². The number of carbonyl (C=O) groups excluding carboxylic acids is 4. The molecular weight excluding hydrogens is 476 g/mol. The molecule has 0 aromatic carbocycles. The summed E-state index contributed by atoms with van der Waals surface area (Å²) in [6.45, 7) is 10.8. The average Bonchev–Trinajstić information content (AvgIpc) is 3.29. The molecule has 4 amide bonds. The normalized spacial score (nSPS) is 17.7. The number of nitrogens with zero attached hydrogens (tertiary/aromatic N) is 2. The summed E-state index contributed by atoms with van der Waals surface area (Å²) in [7, 11) is 0. The summed E-state index contributed by atoms with van der Waals surface area (Å²) in [4.78, 5) is 57.6. The van der Waals surface area contributed by atoms with Gasteiger partial charge >= 0.3 is 0 Å². The molecule has 0 aromatic heterocycles. The van der Waals surface area contributed by atoms with Gasteiger partial charge in [-0.25, -0.2) is 0 Å². The zero-order valence-electron chi connectivity index (χ0n) is 23.1. The number of amides is 4. The highest BCUT2D eigenvalue weighted by atomic mass is 16.2. The Morgan fingerprint density at radius 1 is 0.973 bits per heavy atom. The van der Waals surface area contributed by atoms with Gasteiger partial charge in [-0.2, -0.15) is 0 Å². The van der Waals surface area contributed by atoms with E-state index in [-0.39, 0.29) is 42.6 Å². The molecule has 0 aliphatic carbocycles. The van der Waals surface area contributed by atoms with Crippen LogP contribution >= 0.6 is 0 Å². The molecular formula is C25H48N8O4. The van der Waals surface area contributed by atoms with Crippen LogP contribution in [0.4, 0.5) is 0 Å². The Morgan fingerprint density at radius 2 is 1.59 bits per heavy atom. The number of carbonyl (C=O) groups is 4. The highest BCUT2D eigenvalue weighted by molar-refractivity contribution is 5.95. The third kappa shape index (κ3) is 11.4. The minimum Gasteiger partial charge on any atom is -0.370 e. The highest BCUT2D eigenvalue weighted by Crippen LogP contribution is 2.20. The minimum absolute atomic E-state index is 0.0554. The first-order chi connectivity index (χ1) is 17.4. The maximum atomic E-state index is 13.6. The van der Waals surface area contributed by atoms with Gasteiger partial charge in [-0.3, -0.25) is 24.2 Å². The van der Waals surface area contributed by atoms with Crippen LogP contribution in [0.5, 0.6) is 0 Å². The highest BCUT2D eigenvalue weighted by Gasteiger charge is 2.38. The minimum atomic E-state index is -0.896. The molecule has 1 rings (SSSR count). The lowest BCUT2D eigenvalue weighted by Crippen LogP contribution is -2.58. The summed E-state index contributed by atoms with van der Waals surface area (Å²) >= 11 is 0. The lowest BCUT2D eigenvalue weighted by atomic mass is 10.00. The van der Waals surface area contributed by atoms with Crippen LogP contribution < -0.4 is 33.2 Å². The molecule has 0 aromatic rings. The Hall–Kier alpha value is -2.89. The molecule has 1 aliphatic heterocycles. The number of likely N-dealkylation sites (tertiary alicyclic amines) is 1. The van der Waals surface area contributed by atoms with Gasteiger partial charge in [0.2, 0.25) is 23.6 Å². The van der Waals surface area contributed by atoms with Crippen LogP contribution in [0.1, 0.15) is 73.1 Å². The monoisotopic (exact) mass is 524 g/mol. The third-order valence-corrected chi connectivity index (χ3v) is 6.15. The molecule has 212 valence electrons. The summed E-state index contributed by atoms with van der Waals surface area (Å²) in [5.74, 6) is -1.13. The van der Waals surface area contributed by atoms with E-state index in [0.717, 1.165) is 0 Å². The van der Waals surface area contributed by atoms with E-state index in [1.54, 1.807) is 0 Å². The van der Waals surface area contributed by atoms with Crippen molar-refractivity contribution in [1.82, 2.24) is 20.9 Å². The van der Waals surface area contributed by atoms with Crippen molar-refractivity contribution < 1.29 is 19.2 Å². The Kier molecular flexibility index (Phi) is 13.9. The topological polar surface area (TPSA) is 198 Å². The van der Waals surface area contributed by atoms with Crippen LogP contribution in [0, 0.1) is 11.8 Å². The molecule has 1 aliphatic rings. The van der Waals surface area contributed by atoms with Gasteiger partial charge in [0, 0.05) is 19.6 Å². The van der Waals surface area contributed by atoms with E-state index in [4.69, 9.17) is 17.2 Å². The quantitative estimate of drug-likeness (QED) is 0.0947. The van der Waals surface area contributed by atoms with Gasteiger partial charge in [0.25, 0.3) is 0 Å². The van der Waals surface area contributed by atoms with Gasteiger partial charge in [0.1, 0.15) is 18.1 Å². The first-order valence-electron chi connectivity index (χ1n) is 13.4. The molecule has 0 unspecified atom stereocenters. The van der Waals surface area contributed by atoms with Crippen molar-refractivity contribution in [3.63, 3.8) is 0 Å². The molecule has 37 heavy (non-hydrogen) atoms. The Labute approximate surface area is 220 Å². The van der Waals surface area contributed by atoms with E-state index in [2.05, 4.69) is 20.9 Å². The second-order valence-corrected chi connectivity index (χ2v) is 10.5. The molecule has 1 fully saturated rings. The van der Waals surface area contributed by atoms with Crippen LogP contribution in [0.2, 0.25) is 0 Å². The van der Waals surface area contributed by atoms with E-state index in [1.807, 2.05) is 34.6 Å². The number of aliphatic imine (C=N–C) groups is 1. The van der Waals surface area contributed by atoms with Crippen molar-refractivity contribution in [1.29, 1.82) is 0 Å². The number of nitrogens with one attached hydrogen (secondary N) is 3. The maximum Gasteiger partial charge on any atom is 0.245 e. The van der Waals surface area contributed by atoms with Gasteiger partial charge in [-0.15, -0.1) is 0 Å². The Morgan fingerprint density at radius 3 is 2.16 bits per heavy atom. The van der Waals surface area contributed by atoms with E-state index in [1.165, 1.54) is 4.90 Å². The van der Waals surface area contributed by atoms with Gasteiger partial charge in [0.15, 0.2) is 5.96 Å². The molecule has 1 heterocycles. The number of hydrogen-bond donors (Lipinski definition) is 6. The van der Waals surface area contributed by atoms with Crippen LogP contribution in [0.25, 0.3) is 0 Å². The lowest BCUT2D eigenvalue weighted by molar-refractivity contribution is -0.142. The third-order valence-electron chi connectivity index (χ3n) is 6.15. The number of likely N-dealkylation sites (N-methyl/N-ethyl adjacent to an activating group) is 1. The molecule has 1 saturated heterocycles. The maximum absolute atomic E-state index is 13.6. The summed E-state index contributed by atoms with van der Waals surface area (Å²) in [5, 5.41) is 8.39. The standard InChI is InChI=1S/C25H48N8O4/c1-6-29-23(36)20-10-8-12-33(20)24(37)18(9-7-11-30-25(27)28)31-22(35)19(14-16(4)5)32-21(34)17(26)13-15(2)3/h15-20H,6-14,26H2,1-5H3,(H,29,36)(H,31,35)(H,32,34)(H4,27,28,30)/t17-,18+,19+,20+/m1/s1. The van der Waals surface area contributed by atoms with Crippen LogP contribution in [0.15, 0.2) is 4.99 Å². The van der Waals surface area contributed by atoms with Crippen molar-refractivity contribution in [3.05, 3.63) is 0 Å². The van der Waals surface area contributed by atoms with E-state index in [0.29, 0.717) is 45.2 Å². The lowest BCUT2D eigenvalue weighted by Gasteiger charge is -2.30. The number of nitrogens with two attached hydrogens (primary N) is 3. The molecule has 4 atom stereocenters. The second-order valence-electron chi connectivity index (χ2n) is 10.5. The number of guanidine groups is 1. The van der Waals surface area contributed by atoms with Gasteiger partial charge in [0.05, 0.1) is 6.04 Å². The van der Waals surface area contributed by atoms with Crippen molar-refractivity contribution in [2.24, 2.45) is 34.0 Å². The molecule has 0 saturated carbocycles. The number of rotatable bonds is 15. The largest absolute Gasteiger partial charge is 0.370 e. The molecule has 12 nitrogen and oxygen atoms in total. The Bertz CT molecular complexity index is 798. The Balaban J connectivity index is 3.07. The van der Waals surface area contributed by atoms with E-state index >= 15 is 0 Å². The fraction of sp³-hybridized carbons (Fsp3) is 0.800.